The molecule has 0 saturated carbocycles. The summed E-state index contributed by atoms with van der Waals surface area (Å²) in [5.41, 5.74) is 2.84. The van der Waals surface area contributed by atoms with E-state index in [-0.39, 0.29) is 11.8 Å². The van der Waals surface area contributed by atoms with Gasteiger partial charge in [-0.3, -0.25) is 14.5 Å². The highest BCUT2D eigenvalue weighted by Gasteiger charge is 2.18. The van der Waals surface area contributed by atoms with Gasteiger partial charge < -0.3 is 23.9 Å². The predicted octanol–water partition coefficient (Wildman–Crippen LogP) is 3.55. The molecule has 0 spiro atoms. The second kappa shape index (κ2) is 12.6. The van der Waals surface area contributed by atoms with Gasteiger partial charge in [-0.15, -0.1) is 0 Å². The molecule has 3 heterocycles. The number of hydrogen-bond donors (Lipinski definition) is 1. The van der Waals surface area contributed by atoms with Crippen LogP contribution in [0.4, 0.5) is 0 Å². The van der Waals surface area contributed by atoms with E-state index in [1.807, 2.05) is 60.5 Å². The molecule has 8 heteroatoms. The number of rotatable bonds is 11. The van der Waals surface area contributed by atoms with E-state index in [4.69, 9.17) is 9.15 Å². The standard InChI is InChI=1S/C28H36N4O4/c1-3-13-32(28(34)23-8-6-22(2)7-9-23)20-24-5-4-14-31(24)21-25-10-11-26(36-25)27(33)29-12-15-30-16-18-35-19-17-30/h4-11,14H,3,12-13,15-21H2,1-2H3,(H,29,33). The third-order valence-corrected chi connectivity index (χ3v) is 6.38. The molecule has 0 radical (unpaired) electrons. The SMILES string of the molecule is CCCN(Cc1cccn1Cc1ccc(C(=O)NCCN2CCOCC2)o1)C(=O)c1ccc(C)cc1. The van der Waals surface area contributed by atoms with E-state index in [0.717, 1.165) is 50.5 Å². The Labute approximate surface area is 212 Å². The van der Waals surface area contributed by atoms with Crippen LogP contribution in [0.25, 0.3) is 0 Å². The van der Waals surface area contributed by atoms with Gasteiger partial charge in [0, 0.05) is 50.2 Å². The van der Waals surface area contributed by atoms with Crippen molar-refractivity contribution in [2.75, 3.05) is 45.9 Å². The average Bonchev–Trinajstić information content (AvgIpc) is 3.54. The molecule has 0 atom stereocenters. The highest BCUT2D eigenvalue weighted by Crippen LogP contribution is 2.16. The first kappa shape index (κ1) is 25.7. The van der Waals surface area contributed by atoms with Gasteiger partial charge in [-0.1, -0.05) is 24.6 Å². The minimum Gasteiger partial charge on any atom is -0.454 e. The number of amides is 2. The van der Waals surface area contributed by atoms with Crippen molar-refractivity contribution in [3.8, 4) is 0 Å². The van der Waals surface area contributed by atoms with Crippen LogP contribution in [0.5, 0.6) is 0 Å². The number of aryl methyl sites for hydroxylation is 1. The first-order valence-corrected chi connectivity index (χ1v) is 12.7. The van der Waals surface area contributed by atoms with Crippen molar-refractivity contribution in [3.05, 3.63) is 83.1 Å². The summed E-state index contributed by atoms with van der Waals surface area (Å²) in [5, 5.41) is 2.94. The Morgan fingerprint density at radius 2 is 1.83 bits per heavy atom. The van der Waals surface area contributed by atoms with Gasteiger partial charge in [-0.25, -0.2) is 0 Å². The molecule has 8 nitrogen and oxygen atoms in total. The maximum Gasteiger partial charge on any atom is 0.287 e. The van der Waals surface area contributed by atoms with Crippen LogP contribution in [-0.2, 0) is 17.8 Å². The molecular formula is C28H36N4O4. The van der Waals surface area contributed by atoms with E-state index < -0.39 is 0 Å². The third kappa shape index (κ3) is 6.86. The lowest BCUT2D eigenvalue weighted by Crippen LogP contribution is -2.41. The number of furan rings is 1. The van der Waals surface area contributed by atoms with Crippen molar-refractivity contribution in [3.63, 3.8) is 0 Å². The van der Waals surface area contributed by atoms with Crippen LogP contribution in [0, 0.1) is 6.92 Å². The van der Waals surface area contributed by atoms with Gasteiger partial charge >= 0.3 is 0 Å². The smallest absolute Gasteiger partial charge is 0.287 e. The molecule has 1 aliphatic heterocycles. The van der Waals surface area contributed by atoms with Gasteiger partial charge in [0.25, 0.3) is 11.8 Å². The fraction of sp³-hybridized carbons (Fsp3) is 0.429. The lowest BCUT2D eigenvalue weighted by Gasteiger charge is -2.26. The molecule has 1 saturated heterocycles. The number of hydrogen-bond acceptors (Lipinski definition) is 5. The van der Waals surface area contributed by atoms with E-state index in [0.29, 0.717) is 43.3 Å². The van der Waals surface area contributed by atoms with Crippen molar-refractivity contribution in [2.45, 2.75) is 33.4 Å². The summed E-state index contributed by atoms with van der Waals surface area (Å²) in [6, 6.07) is 15.2. The number of ether oxygens (including phenoxy) is 1. The Hall–Kier alpha value is -3.36. The highest BCUT2D eigenvalue weighted by atomic mass is 16.5. The minimum atomic E-state index is -0.208. The zero-order chi connectivity index (χ0) is 25.3. The topological polar surface area (TPSA) is 80.0 Å². The molecule has 0 bridgehead atoms. The Kier molecular flexibility index (Phi) is 8.97. The highest BCUT2D eigenvalue weighted by molar-refractivity contribution is 5.94. The van der Waals surface area contributed by atoms with E-state index in [1.165, 1.54) is 0 Å². The monoisotopic (exact) mass is 492 g/mol. The molecule has 1 aromatic carbocycles. The summed E-state index contributed by atoms with van der Waals surface area (Å²) in [5.74, 6) is 0.819. The van der Waals surface area contributed by atoms with E-state index in [2.05, 4.69) is 21.7 Å². The van der Waals surface area contributed by atoms with E-state index >= 15 is 0 Å². The second-order valence-corrected chi connectivity index (χ2v) is 9.20. The van der Waals surface area contributed by atoms with Crippen molar-refractivity contribution in [1.29, 1.82) is 0 Å². The fourth-order valence-electron chi connectivity index (χ4n) is 4.34. The zero-order valence-electron chi connectivity index (χ0n) is 21.2. The molecule has 0 unspecified atom stereocenters. The Morgan fingerprint density at radius 3 is 2.58 bits per heavy atom. The fourth-order valence-corrected chi connectivity index (χ4v) is 4.34. The average molecular weight is 493 g/mol. The van der Waals surface area contributed by atoms with E-state index in [9.17, 15) is 9.59 Å². The number of carbonyl (C=O) groups is 2. The number of morpholine rings is 1. The van der Waals surface area contributed by atoms with Crippen molar-refractivity contribution in [1.82, 2.24) is 19.7 Å². The molecule has 1 fully saturated rings. The summed E-state index contributed by atoms with van der Waals surface area (Å²) in [6.07, 6.45) is 2.85. The molecule has 4 rings (SSSR count). The largest absolute Gasteiger partial charge is 0.454 e. The summed E-state index contributed by atoms with van der Waals surface area (Å²) < 4.78 is 13.3. The molecular weight excluding hydrogens is 456 g/mol. The number of nitrogens with zero attached hydrogens (tertiary/aromatic N) is 3. The molecule has 36 heavy (non-hydrogen) atoms. The van der Waals surface area contributed by atoms with Gasteiger partial charge in [0.2, 0.25) is 0 Å². The normalized spacial score (nSPS) is 14.1. The van der Waals surface area contributed by atoms with Gasteiger partial charge in [-0.05, 0) is 49.7 Å². The van der Waals surface area contributed by atoms with Crippen molar-refractivity contribution in [2.24, 2.45) is 0 Å². The van der Waals surface area contributed by atoms with E-state index in [1.54, 1.807) is 6.07 Å². The van der Waals surface area contributed by atoms with Gasteiger partial charge in [0.15, 0.2) is 5.76 Å². The third-order valence-electron chi connectivity index (χ3n) is 6.38. The van der Waals surface area contributed by atoms with Crippen molar-refractivity contribution < 1.29 is 18.7 Å². The van der Waals surface area contributed by atoms with Gasteiger partial charge in [0.05, 0.1) is 26.3 Å². The van der Waals surface area contributed by atoms with Crippen LogP contribution in [0.1, 0.15) is 51.3 Å². The Balaban J connectivity index is 1.34. The lowest BCUT2D eigenvalue weighted by molar-refractivity contribution is 0.0382. The first-order valence-electron chi connectivity index (χ1n) is 12.7. The van der Waals surface area contributed by atoms with Gasteiger partial charge in [0.1, 0.15) is 5.76 Å². The van der Waals surface area contributed by atoms with Crippen LogP contribution in [0.3, 0.4) is 0 Å². The molecule has 2 aromatic heterocycles. The lowest BCUT2D eigenvalue weighted by atomic mass is 10.1. The predicted molar refractivity (Wildman–Crippen MR) is 138 cm³/mol. The second-order valence-electron chi connectivity index (χ2n) is 9.20. The van der Waals surface area contributed by atoms with Crippen LogP contribution in [-0.4, -0.2) is 72.1 Å². The van der Waals surface area contributed by atoms with Crippen LogP contribution in [0.15, 0.2) is 59.1 Å². The Bertz CT molecular complexity index is 1130. The number of nitrogens with one attached hydrogen (secondary N) is 1. The van der Waals surface area contributed by atoms with Crippen LogP contribution in [0.2, 0.25) is 0 Å². The summed E-state index contributed by atoms with van der Waals surface area (Å²) in [6.45, 7) is 10.4. The maximum absolute atomic E-state index is 13.2. The minimum absolute atomic E-state index is 0.0265. The number of carbonyl (C=O) groups excluding carboxylic acids is 2. The van der Waals surface area contributed by atoms with Crippen LogP contribution < -0.4 is 5.32 Å². The number of aromatic nitrogens is 1. The molecule has 3 aromatic rings. The Morgan fingerprint density at radius 1 is 1.06 bits per heavy atom. The first-order chi connectivity index (χ1) is 17.5. The zero-order valence-corrected chi connectivity index (χ0v) is 21.2. The molecule has 2 amide bonds. The molecule has 1 N–H and O–H groups in total. The molecule has 0 aliphatic carbocycles. The summed E-state index contributed by atoms with van der Waals surface area (Å²) >= 11 is 0. The maximum atomic E-state index is 13.2. The summed E-state index contributed by atoms with van der Waals surface area (Å²) in [4.78, 5) is 29.8. The van der Waals surface area contributed by atoms with Gasteiger partial charge in [-0.2, -0.15) is 0 Å². The molecule has 1 aliphatic rings. The molecule has 192 valence electrons. The summed E-state index contributed by atoms with van der Waals surface area (Å²) in [7, 11) is 0. The van der Waals surface area contributed by atoms with Crippen molar-refractivity contribution >= 4 is 11.8 Å². The number of benzene rings is 1. The quantitative estimate of drug-likeness (QED) is 0.443. The van der Waals surface area contributed by atoms with Crippen LogP contribution >= 0.6 is 0 Å².